The van der Waals surface area contributed by atoms with Crippen LogP contribution in [0.25, 0.3) is 10.9 Å². The monoisotopic (exact) mass is 344 g/mol. The quantitative estimate of drug-likeness (QED) is 0.681. The van der Waals surface area contributed by atoms with Crippen LogP contribution in [0, 0.1) is 6.92 Å². The van der Waals surface area contributed by atoms with Crippen LogP contribution < -0.4 is 0 Å². The van der Waals surface area contributed by atoms with Crippen LogP contribution in [-0.2, 0) is 11.2 Å². The summed E-state index contributed by atoms with van der Waals surface area (Å²) in [6, 6.07) is 16.0. The number of hydrazone groups is 1. The van der Waals surface area contributed by atoms with Gasteiger partial charge in [0.05, 0.1) is 16.9 Å². The van der Waals surface area contributed by atoms with Crippen molar-refractivity contribution in [2.24, 2.45) is 5.10 Å². The lowest BCUT2D eigenvalue weighted by atomic mass is 10.0. The molecule has 1 amide bonds. The van der Waals surface area contributed by atoms with Gasteiger partial charge in [-0.15, -0.1) is 0 Å². The molecule has 0 unspecified atom stereocenters. The van der Waals surface area contributed by atoms with Crippen LogP contribution in [0.4, 0.5) is 0 Å². The van der Waals surface area contributed by atoms with Crippen LogP contribution in [-0.4, -0.2) is 33.1 Å². The molecule has 26 heavy (non-hydrogen) atoms. The number of para-hydroxylation sites is 1. The van der Waals surface area contributed by atoms with Gasteiger partial charge in [-0.1, -0.05) is 24.3 Å². The smallest absolute Gasteiger partial charge is 0.242 e. The van der Waals surface area contributed by atoms with E-state index in [9.17, 15) is 4.79 Å². The Morgan fingerprint density at radius 1 is 1.15 bits per heavy atom. The predicted octanol–water partition coefficient (Wildman–Crippen LogP) is 3.51. The molecule has 0 atom stereocenters. The van der Waals surface area contributed by atoms with E-state index in [1.807, 2.05) is 55.6 Å². The van der Waals surface area contributed by atoms with Crippen LogP contribution in [0.2, 0.25) is 0 Å². The first-order valence-electron chi connectivity index (χ1n) is 8.85. The van der Waals surface area contributed by atoms with Crippen LogP contribution >= 0.6 is 0 Å². The highest BCUT2D eigenvalue weighted by Crippen LogP contribution is 2.20. The summed E-state index contributed by atoms with van der Waals surface area (Å²) in [5, 5.41) is 7.37. The number of amides is 1. The molecular weight excluding hydrogens is 324 g/mol. The van der Waals surface area contributed by atoms with Gasteiger partial charge in [-0.3, -0.25) is 14.8 Å². The average Bonchev–Trinajstić information content (AvgIpc) is 3.06. The molecule has 1 saturated heterocycles. The fraction of sp³-hybridized carbons (Fsp3) is 0.238. The molecule has 0 N–H and O–H groups in total. The van der Waals surface area contributed by atoms with E-state index in [4.69, 9.17) is 0 Å². The third-order valence-electron chi connectivity index (χ3n) is 4.57. The number of hydrogen-bond acceptors (Lipinski definition) is 4. The van der Waals surface area contributed by atoms with Gasteiger partial charge in [0.1, 0.15) is 0 Å². The van der Waals surface area contributed by atoms with Gasteiger partial charge >= 0.3 is 0 Å². The van der Waals surface area contributed by atoms with Gasteiger partial charge in [-0.2, -0.15) is 5.10 Å². The zero-order valence-electron chi connectivity index (χ0n) is 14.7. The zero-order chi connectivity index (χ0) is 17.9. The van der Waals surface area contributed by atoms with Crippen molar-refractivity contribution >= 4 is 22.5 Å². The first-order chi connectivity index (χ1) is 12.7. The van der Waals surface area contributed by atoms with E-state index in [1.54, 1.807) is 5.01 Å². The number of aryl methyl sites for hydroxylation is 1. The van der Waals surface area contributed by atoms with Gasteiger partial charge in [0.2, 0.25) is 5.91 Å². The lowest BCUT2D eigenvalue weighted by Gasteiger charge is -2.14. The molecule has 1 aliphatic rings. The molecule has 3 aromatic rings. The van der Waals surface area contributed by atoms with E-state index in [-0.39, 0.29) is 5.91 Å². The van der Waals surface area contributed by atoms with Crippen LogP contribution in [0.1, 0.15) is 29.8 Å². The van der Waals surface area contributed by atoms with Gasteiger partial charge in [-0.05, 0) is 43.2 Å². The number of fused-ring (bicyclic) bond motifs is 1. The van der Waals surface area contributed by atoms with E-state index in [2.05, 4.69) is 21.1 Å². The summed E-state index contributed by atoms with van der Waals surface area (Å²) < 4.78 is 0. The second-order valence-electron chi connectivity index (χ2n) is 6.50. The number of carbonyl (C=O) groups is 1. The van der Waals surface area contributed by atoms with Gasteiger partial charge in [-0.25, -0.2) is 5.01 Å². The number of pyridine rings is 2. The molecule has 0 aliphatic carbocycles. The molecule has 1 aromatic carbocycles. The molecule has 4 rings (SSSR count). The van der Waals surface area contributed by atoms with Crippen molar-refractivity contribution in [1.29, 1.82) is 0 Å². The van der Waals surface area contributed by atoms with Crippen molar-refractivity contribution < 1.29 is 4.79 Å². The van der Waals surface area contributed by atoms with E-state index < -0.39 is 0 Å². The van der Waals surface area contributed by atoms with Crippen molar-refractivity contribution in [2.45, 2.75) is 26.2 Å². The number of rotatable bonds is 4. The molecular formula is C21H20N4O. The third kappa shape index (κ3) is 3.33. The van der Waals surface area contributed by atoms with Crippen LogP contribution in [0.3, 0.4) is 0 Å². The van der Waals surface area contributed by atoms with Gasteiger partial charge < -0.3 is 0 Å². The molecule has 3 heterocycles. The second kappa shape index (κ2) is 7.04. The molecule has 0 spiro atoms. The summed E-state index contributed by atoms with van der Waals surface area (Å²) in [6.45, 7) is 2.63. The average molecular weight is 344 g/mol. The van der Waals surface area contributed by atoms with Crippen molar-refractivity contribution in [3.8, 4) is 0 Å². The van der Waals surface area contributed by atoms with Gasteiger partial charge in [0.25, 0.3) is 0 Å². The summed E-state index contributed by atoms with van der Waals surface area (Å²) in [6.07, 6.45) is 3.84. The number of carbonyl (C=O) groups excluding carboxylic acids is 1. The largest absolute Gasteiger partial charge is 0.273 e. The normalized spacial score (nSPS) is 15.0. The summed E-state index contributed by atoms with van der Waals surface area (Å²) in [5.74, 6) is 0.0785. The van der Waals surface area contributed by atoms with Crippen LogP contribution in [0.15, 0.2) is 59.8 Å². The fourth-order valence-corrected chi connectivity index (χ4v) is 3.26. The van der Waals surface area contributed by atoms with Crippen LogP contribution in [0.5, 0.6) is 0 Å². The Morgan fingerprint density at radius 2 is 2.04 bits per heavy atom. The highest BCUT2D eigenvalue weighted by atomic mass is 16.2. The predicted molar refractivity (Wildman–Crippen MR) is 102 cm³/mol. The molecule has 0 saturated carbocycles. The minimum atomic E-state index is 0.0785. The lowest BCUT2D eigenvalue weighted by Crippen LogP contribution is -2.22. The summed E-state index contributed by atoms with van der Waals surface area (Å²) in [5.41, 5.74) is 4.64. The molecule has 0 radical (unpaired) electrons. The highest BCUT2D eigenvalue weighted by Gasteiger charge is 2.21. The molecule has 0 bridgehead atoms. The SMILES string of the molecule is Cc1cccc(/C(Cc2ccnc3ccccc23)=N/N2CCCC2=O)n1. The molecule has 130 valence electrons. The summed E-state index contributed by atoms with van der Waals surface area (Å²) in [4.78, 5) is 21.1. The molecule has 1 fully saturated rings. The number of nitrogens with zero attached hydrogens (tertiary/aromatic N) is 4. The Kier molecular flexibility index (Phi) is 4.44. The molecule has 2 aromatic heterocycles. The number of benzene rings is 1. The summed E-state index contributed by atoms with van der Waals surface area (Å²) in [7, 11) is 0. The first kappa shape index (κ1) is 16.4. The topological polar surface area (TPSA) is 58.5 Å². The van der Waals surface area contributed by atoms with Crippen molar-refractivity contribution in [3.63, 3.8) is 0 Å². The summed E-state index contributed by atoms with van der Waals surface area (Å²) >= 11 is 0. The zero-order valence-corrected chi connectivity index (χ0v) is 14.7. The first-order valence-corrected chi connectivity index (χ1v) is 8.85. The maximum absolute atomic E-state index is 12.1. The Balaban J connectivity index is 1.77. The highest BCUT2D eigenvalue weighted by molar-refractivity contribution is 6.02. The molecule has 5 nitrogen and oxygen atoms in total. The van der Waals surface area contributed by atoms with E-state index in [0.717, 1.165) is 40.0 Å². The minimum absolute atomic E-state index is 0.0785. The number of hydrogen-bond donors (Lipinski definition) is 0. The number of aromatic nitrogens is 2. The minimum Gasteiger partial charge on any atom is -0.273 e. The Labute approximate surface area is 152 Å². The van der Waals surface area contributed by atoms with Crippen molar-refractivity contribution in [3.05, 3.63) is 71.7 Å². The Morgan fingerprint density at radius 3 is 2.85 bits per heavy atom. The lowest BCUT2D eigenvalue weighted by molar-refractivity contribution is -0.127. The molecule has 1 aliphatic heterocycles. The van der Waals surface area contributed by atoms with Gasteiger partial charge in [0, 0.05) is 36.7 Å². The third-order valence-corrected chi connectivity index (χ3v) is 4.57. The van der Waals surface area contributed by atoms with E-state index in [0.29, 0.717) is 19.4 Å². The van der Waals surface area contributed by atoms with Crippen molar-refractivity contribution in [1.82, 2.24) is 15.0 Å². The van der Waals surface area contributed by atoms with E-state index in [1.165, 1.54) is 0 Å². The second-order valence-corrected chi connectivity index (χ2v) is 6.50. The Bertz CT molecular complexity index is 991. The van der Waals surface area contributed by atoms with E-state index >= 15 is 0 Å². The van der Waals surface area contributed by atoms with Gasteiger partial charge in [0.15, 0.2) is 0 Å². The maximum atomic E-state index is 12.1. The maximum Gasteiger partial charge on any atom is 0.242 e. The Hall–Kier alpha value is -3.08. The molecule has 5 heteroatoms. The fourth-order valence-electron chi connectivity index (χ4n) is 3.26. The van der Waals surface area contributed by atoms with Crippen molar-refractivity contribution in [2.75, 3.05) is 6.54 Å². The standard InChI is InChI=1S/C21H20N4O/c1-15-6-4-9-19(23-15)20(24-25-13-5-10-21(25)26)14-16-11-12-22-18-8-3-2-7-17(16)18/h2-4,6-9,11-12H,5,10,13-14H2,1H3/b24-20+.